The van der Waals surface area contributed by atoms with Crippen molar-refractivity contribution in [2.75, 3.05) is 18.5 Å². The topological polar surface area (TPSA) is 0 Å². The van der Waals surface area contributed by atoms with E-state index in [1.807, 2.05) is 0 Å². The van der Waals surface area contributed by atoms with Crippen LogP contribution in [0.5, 0.6) is 0 Å². The van der Waals surface area contributed by atoms with Gasteiger partial charge in [0.25, 0.3) is 0 Å². The third kappa shape index (κ3) is 3.37. The van der Waals surface area contributed by atoms with Crippen LogP contribution in [0.2, 0.25) is 0 Å². The molecule has 0 spiro atoms. The van der Waals surface area contributed by atoms with Crippen molar-refractivity contribution in [3.63, 3.8) is 0 Å². The molecule has 0 aliphatic rings. The summed E-state index contributed by atoms with van der Waals surface area (Å²) in [6, 6.07) is -0.848. The highest BCUT2D eigenvalue weighted by Gasteiger charge is 2.08. The van der Waals surface area contributed by atoms with Crippen molar-refractivity contribution < 1.29 is 0 Å². The summed E-state index contributed by atoms with van der Waals surface area (Å²) in [6.45, 7) is 6.70. The van der Waals surface area contributed by atoms with E-state index >= 15 is 0 Å². The van der Waals surface area contributed by atoms with E-state index in [9.17, 15) is 0 Å². The van der Waals surface area contributed by atoms with E-state index in [0.717, 1.165) is 0 Å². The van der Waals surface area contributed by atoms with Crippen molar-refractivity contribution in [1.29, 1.82) is 0 Å². The second-order valence-corrected chi connectivity index (χ2v) is 8.57. The van der Waals surface area contributed by atoms with Crippen molar-refractivity contribution in [2.24, 2.45) is 0 Å². The van der Waals surface area contributed by atoms with E-state index in [2.05, 4.69) is 20.8 Å². The first-order valence-electron chi connectivity index (χ1n) is 3.75. The molecular formula is C7H17PS. The van der Waals surface area contributed by atoms with Crippen molar-refractivity contribution in [1.82, 2.24) is 0 Å². The molecule has 0 fully saturated rings. The molecule has 0 unspecified atom stereocenters. The van der Waals surface area contributed by atoms with Gasteiger partial charge in [0.2, 0.25) is 0 Å². The molecule has 0 saturated heterocycles. The Morgan fingerprint density at radius 1 is 1.11 bits per heavy atom. The van der Waals surface area contributed by atoms with Gasteiger partial charge in [0, 0.05) is 0 Å². The molecule has 0 bridgehead atoms. The third-order valence-electron chi connectivity index (χ3n) is 1.78. The Balaban J connectivity index is 3.78. The van der Waals surface area contributed by atoms with Crippen LogP contribution in [0, 0.1) is 0 Å². The summed E-state index contributed by atoms with van der Waals surface area (Å²) in [4.78, 5) is 0. The zero-order valence-corrected chi connectivity index (χ0v) is 8.39. The predicted molar refractivity (Wildman–Crippen MR) is 50.5 cm³/mol. The smallest absolute Gasteiger partial charge is 0.0237 e. The van der Waals surface area contributed by atoms with E-state index in [1.54, 1.807) is 0 Å². The lowest BCUT2D eigenvalue weighted by molar-refractivity contribution is 1.08. The summed E-state index contributed by atoms with van der Waals surface area (Å²) in [5, 5.41) is 0. The number of hydrogen-bond donors (Lipinski definition) is 0. The summed E-state index contributed by atoms with van der Waals surface area (Å²) in [5.41, 5.74) is 0. The molecule has 0 aromatic carbocycles. The fourth-order valence-corrected chi connectivity index (χ4v) is 3.39. The molecule has 0 atom stereocenters. The van der Waals surface area contributed by atoms with Gasteiger partial charge < -0.3 is 0 Å². The van der Waals surface area contributed by atoms with E-state index in [1.165, 1.54) is 24.9 Å². The van der Waals surface area contributed by atoms with Crippen LogP contribution in [0.4, 0.5) is 0 Å². The van der Waals surface area contributed by atoms with Gasteiger partial charge in [0.15, 0.2) is 0 Å². The molecule has 0 N–H and O–H groups in total. The Bertz CT molecular complexity index is 101. The summed E-state index contributed by atoms with van der Waals surface area (Å²) < 4.78 is 0. The fraction of sp³-hybridized carbons (Fsp3) is 1.00. The lowest BCUT2D eigenvalue weighted by atomic mass is 10.6. The first kappa shape index (κ1) is 9.65. The van der Waals surface area contributed by atoms with Crippen LogP contribution < -0.4 is 0 Å². The first-order valence-corrected chi connectivity index (χ1v) is 7.11. The molecule has 0 nitrogen and oxygen atoms in total. The molecule has 0 rings (SSSR count). The van der Waals surface area contributed by atoms with Crippen molar-refractivity contribution in [3.8, 4) is 0 Å². The Kier molecular flexibility index (Phi) is 4.79. The molecule has 56 valence electrons. The lowest BCUT2D eigenvalue weighted by Crippen LogP contribution is -1.93. The number of hydrogen-bond acceptors (Lipinski definition) is 1. The van der Waals surface area contributed by atoms with Crippen molar-refractivity contribution >= 4 is 17.8 Å². The highest BCUT2D eigenvalue weighted by atomic mass is 32.4. The van der Waals surface area contributed by atoms with E-state index in [-0.39, 0.29) is 0 Å². The van der Waals surface area contributed by atoms with Crippen LogP contribution >= 0.6 is 6.04 Å². The Labute approximate surface area is 64.0 Å². The minimum atomic E-state index is -0.848. The molecule has 0 aromatic heterocycles. The molecular weight excluding hydrogens is 147 g/mol. The molecule has 0 amide bonds. The van der Waals surface area contributed by atoms with Crippen molar-refractivity contribution in [3.05, 3.63) is 0 Å². The SMILES string of the molecule is CCCP(=S)(CC)CC. The van der Waals surface area contributed by atoms with Crippen LogP contribution in [-0.2, 0) is 11.8 Å². The van der Waals surface area contributed by atoms with E-state index in [4.69, 9.17) is 11.8 Å². The molecule has 0 saturated carbocycles. The minimum absolute atomic E-state index is 0.848. The minimum Gasteiger partial charge on any atom is -0.0975 e. The van der Waals surface area contributed by atoms with Gasteiger partial charge >= 0.3 is 0 Å². The summed E-state index contributed by atoms with van der Waals surface area (Å²) in [5.74, 6) is 0. The van der Waals surface area contributed by atoms with Gasteiger partial charge in [-0.15, -0.1) is 0 Å². The second-order valence-electron chi connectivity index (χ2n) is 2.41. The Morgan fingerprint density at radius 3 is 1.67 bits per heavy atom. The summed E-state index contributed by atoms with van der Waals surface area (Å²) in [6.07, 6.45) is 5.10. The van der Waals surface area contributed by atoms with Crippen LogP contribution in [0.1, 0.15) is 27.2 Å². The zero-order valence-electron chi connectivity index (χ0n) is 6.68. The van der Waals surface area contributed by atoms with Crippen molar-refractivity contribution in [2.45, 2.75) is 27.2 Å². The molecule has 0 aliphatic carbocycles. The Hall–Kier alpha value is 0.650. The standard InChI is InChI=1S/C7H17PS/c1-4-7-8(9,5-2)6-3/h4-7H2,1-3H3. The molecule has 0 radical (unpaired) electrons. The lowest BCUT2D eigenvalue weighted by Gasteiger charge is -2.15. The van der Waals surface area contributed by atoms with Crippen LogP contribution in [0.15, 0.2) is 0 Å². The normalized spacial score (nSPS) is 11.9. The quantitative estimate of drug-likeness (QED) is 0.576. The van der Waals surface area contributed by atoms with Gasteiger partial charge in [-0.05, 0) is 24.5 Å². The number of rotatable bonds is 4. The average molecular weight is 164 g/mol. The second kappa shape index (κ2) is 4.46. The van der Waals surface area contributed by atoms with Crippen LogP contribution in [-0.4, -0.2) is 18.5 Å². The van der Waals surface area contributed by atoms with Gasteiger partial charge in [-0.25, -0.2) is 0 Å². The molecule has 0 aromatic rings. The fourth-order valence-electron chi connectivity index (χ4n) is 0.947. The summed E-state index contributed by atoms with van der Waals surface area (Å²) >= 11 is 5.51. The summed E-state index contributed by atoms with van der Waals surface area (Å²) in [7, 11) is 0. The molecule has 2 heteroatoms. The maximum atomic E-state index is 5.51. The van der Waals surface area contributed by atoms with E-state index < -0.39 is 6.04 Å². The molecule has 9 heavy (non-hydrogen) atoms. The van der Waals surface area contributed by atoms with Crippen LogP contribution in [0.3, 0.4) is 0 Å². The molecule has 0 aliphatic heterocycles. The van der Waals surface area contributed by atoms with Gasteiger partial charge in [0.1, 0.15) is 0 Å². The first-order chi connectivity index (χ1) is 4.18. The highest BCUT2D eigenvalue weighted by Crippen LogP contribution is 2.45. The maximum Gasteiger partial charge on any atom is -0.0237 e. The molecule has 0 heterocycles. The zero-order chi connectivity index (χ0) is 7.33. The predicted octanol–water partition coefficient (Wildman–Crippen LogP) is 2.92. The Morgan fingerprint density at radius 2 is 1.56 bits per heavy atom. The highest BCUT2D eigenvalue weighted by molar-refractivity contribution is 8.14. The maximum absolute atomic E-state index is 5.51. The average Bonchev–Trinajstić information content (AvgIpc) is 1.89. The van der Waals surface area contributed by atoms with Crippen LogP contribution in [0.25, 0.3) is 0 Å². The van der Waals surface area contributed by atoms with Gasteiger partial charge in [-0.3, -0.25) is 0 Å². The van der Waals surface area contributed by atoms with Gasteiger partial charge in [0.05, 0.1) is 0 Å². The third-order valence-corrected chi connectivity index (χ3v) is 7.45. The largest absolute Gasteiger partial charge is 0.0975 e. The van der Waals surface area contributed by atoms with E-state index in [0.29, 0.717) is 0 Å². The monoisotopic (exact) mass is 164 g/mol. The van der Waals surface area contributed by atoms with Gasteiger partial charge in [-0.1, -0.05) is 39.0 Å². The van der Waals surface area contributed by atoms with Gasteiger partial charge in [-0.2, -0.15) is 0 Å².